The van der Waals surface area contributed by atoms with Crippen LogP contribution in [0.15, 0.2) is 12.2 Å². The summed E-state index contributed by atoms with van der Waals surface area (Å²) in [6.07, 6.45) is 0.227. The van der Waals surface area contributed by atoms with Crippen LogP contribution in [0.5, 0.6) is 0 Å². The fourth-order valence-corrected chi connectivity index (χ4v) is 2.68. The molecule has 1 aliphatic rings. The lowest BCUT2D eigenvalue weighted by molar-refractivity contribution is -0.296. The predicted molar refractivity (Wildman–Crippen MR) is 61.9 cm³/mol. The largest absolute Gasteiger partial charge is 0.420 e. The minimum absolute atomic E-state index is 0.382. The first-order chi connectivity index (χ1) is 8.17. The Morgan fingerprint density at radius 2 is 1.56 bits per heavy atom. The van der Waals surface area contributed by atoms with Gasteiger partial charge in [0.15, 0.2) is 11.3 Å². The number of halogens is 4. The van der Waals surface area contributed by atoms with E-state index in [9.17, 15) is 22.7 Å². The van der Waals surface area contributed by atoms with Crippen LogP contribution in [-0.4, -0.2) is 22.6 Å². The van der Waals surface area contributed by atoms with Crippen LogP contribution < -0.4 is 0 Å². The van der Waals surface area contributed by atoms with Gasteiger partial charge in [0.05, 0.1) is 0 Å². The van der Waals surface area contributed by atoms with Crippen LogP contribution in [0.4, 0.5) is 17.6 Å². The Balaban J connectivity index is 3.13. The summed E-state index contributed by atoms with van der Waals surface area (Å²) in [5.41, 5.74) is -6.10. The number of aliphatic hydroxyl groups is 1. The Kier molecular flexibility index (Phi) is 4.47. The fraction of sp³-hybridized carbons (Fsp3) is 0.846. The number of rotatable bonds is 3. The number of hydrogen-bond donors (Lipinski definition) is 1. The van der Waals surface area contributed by atoms with Crippen molar-refractivity contribution in [2.45, 2.75) is 63.4 Å². The minimum atomic E-state index is -4.99. The molecule has 0 saturated heterocycles. The van der Waals surface area contributed by atoms with Gasteiger partial charge in [-0.15, -0.1) is 0 Å². The van der Waals surface area contributed by atoms with E-state index in [1.807, 2.05) is 0 Å². The van der Waals surface area contributed by atoms with E-state index in [0.29, 0.717) is 32.6 Å². The molecule has 1 nitrogen and oxygen atoms in total. The molecule has 0 heterocycles. The molecule has 18 heavy (non-hydrogen) atoms. The van der Waals surface area contributed by atoms with Gasteiger partial charge in [0.25, 0.3) is 0 Å². The number of allylic oxidation sites excluding steroid dienone is 1. The molecule has 106 valence electrons. The second-order valence-corrected chi connectivity index (χ2v) is 5.17. The van der Waals surface area contributed by atoms with Crippen LogP contribution in [0.3, 0.4) is 0 Å². The summed E-state index contributed by atoms with van der Waals surface area (Å²) in [6.45, 7) is 1.99. The topological polar surface area (TPSA) is 20.2 Å². The molecule has 2 unspecified atom stereocenters. The van der Waals surface area contributed by atoms with Gasteiger partial charge in [-0.2, -0.15) is 13.2 Å². The van der Waals surface area contributed by atoms with Gasteiger partial charge in [0.2, 0.25) is 0 Å². The Hall–Kier alpha value is -0.580. The molecular weight excluding hydrogens is 248 g/mol. The van der Waals surface area contributed by atoms with Crippen LogP contribution in [0.2, 0.25) is 0 Å². The van der Waals surface area contributed by atoms with Crippen molar-refractivity contribution in [3.8, 4) is 0 Å². The van der Waals surface area contributed by atoms with E-state index in [-0.39, 0.29) is 0 Å². The Labute approximate surface area is 105 Å². The number of alkyl halides is 4. The van der Waals surface area contributed by atoms with Crippen molar-refractivity contribution in [2.24, 2.45) is 5.92 Å². The van der Waals surface area contributed by atoms with Crippen molar-refractivity contribution < 1.29 is 22.7 Å². The average Bonchev–Trinajstić information content (AvgIpc) is 2.28. The minimum Gasteiger partial charge on any atom is -0.378 e. The second-order valence-electron chi connectivity index (χ2n) is 5.17. The van der Waals surface area contributed by atoms with Crippen LogP contribution >= 0.6 is 0 Å². The van der Waals surface area contributed by atoms with E-state index < -0.39 is 23.4 Å². The quantitative estimate of drug-likeness (QED) is 0.602. The van der Waals surface area contributed by atoms with Crippen LogP contribution in [-0.2, 0) is 0 Å². The predicted octanol–water partition coefficient (Wildman–Crippen LogP) is 4.16. The van der Waals surface area contributed by atoms with E-state index in [4.69, 9.17) is 0 Å². The highest BCUT2D eigenvalue weighted by atomic mass is 19.4. The summed E-state index contributed by atoms with van der Waals surface area (Å²) < 4.78 is 53.5. The fourth-order valence-electron chi connectivity index (χ4n) is 2.68. The average molecular weight is 268 g/mol. The molecule has 2 atom stereocenters. The van der Waals surface area contributed by atoms with Crippen molar-refractivity contribution in [1.29, 1.82) is 0 Å². The standard InChI is InChI=1S/C13H20F4O/c1-3-9-12(14,10-7-5-4-6-8-10)11(2,18)13(15,16)17/h3,9-10,18H,4-8H2,1-2H3/b9-3+. The smallest absolute Gasteiger partial charge is 0.378 e. The van der Waals surface area contributed by atoms with Crippen LogP contribution in [0, 0.1) is 5.92 Å². The molecule has 0 radical (unpaired) electrons. The lowest BCUT2D eigenvalue weighted by atomic mass is 9.69. The molecule has 1 rings (SSSR count). The molecule has 0 bridgehead atoms. The highest BCUT2D eigenvalue weighted by Gasteiger charge is 2.65. The van der Waals surface area contributed by atoms with Gasteiger partial charge in [-0.3, -0.25) is 0 Å². The monoisotopic (exact) mass is 268 g/mol. The first-order valence-corrected chi connectivity index (χ1v) is 6.28. The molecule has 1 fully saturated rings. The van der Waals surface area contributed by atoms with Crippen molar-refractivity contribution in [3.05, 3.63) is 12.2 Å². The summed E-state index contributed by atoms with van der Waals surface area (Å²) in [5.74, 6) is -0.779. The zero-order valence-electron chi connectivity index (χ0n) is 10.7. The van der Waals surface area contributed by atoms with Crippen molar-refractivity contribution >= 4 is 0 Å². The molecule has 0 amide bonds. The molecule has 0 aromatic carbocycles. The summed E-state index contributed by atoms with van der Waals surface area (Å²) in [5, 5.41) is 9.70. The maximum absolute atomic E-state index is 14.9. The van der Waals surface area contributed by atoms with Gasteiger partial charge < -0.3 is 5.11 Å². The van der Waals surface area contributed by atoms with E-state index >= 15 is 0 Å². The Morgan fingerprint density at radius 3 is 1.94 bits per heavy atom. The summed E-state index contributed by atoms with van der Waals surface area (Å²) >= 11 is 0. The molecule has 1 aliphatic carbocycles. The van der Waals surface area contributed by atoms with E-state index in [0.717, 1.165) is 12.5 Å². The highest BCUT2D eigenvalue weighted by molar-refractivity contribution is 5.16. The van der Waals surface area contributed by atoms with E-state index in [2.05, 4.69) is 0 Å². The van der Waals surface area contributed by atoms with Crippen molar-refractivity contribution in [3.63, 3.8) is 0 Å². The molecule has 0 spiro atoms. The van der Waals surface area contributed by atoms with E-state index in [1.165, 1.54) is 13.0 Å². The zero-order valence-corrected chi connectivity index (χ0v) is 10.7. The highest BCUT2D eigenvalue weighted by Crippen LogP contribution is 2.49. The Morgan fingerprint density at radius 1 is 1.06 bits per heavy atom. The summed E-state index contributed by atoms with van der Waals surface area (Å²) in [7, 11) is 0. The third-order valence-corrected chi connectivity index (χ3v) is 3.91. The van der Waals surface area contributed by atoms with E-state index in [1.54, 1.807) is 0 Å². The molecular formula is C13H20F4O. The van der Waals surface area contributed by atoms with Gasteiger partial charge in [0.1, 0.15) is 0 Å². The molecule has 0 aromatic heterocycles. The van der Waals surface area contributed by atoms with Gasteiger partial charge in [0, 0.05) is 0 Å². The van der Waals surface area contributed by atoms with Gasteiger partial charge in [-0.05, 0) is 38.7 Å². The maximum atomic E-state index is 14.9. The first kappa shape index (κ1) is 15.5. The summed E-state index contributed by atoms with van der Waals surface area (Å²) in [6, 6.07) is 0. The normalized spacial score (nSPS) is 25.9. The number of hydrogen-bond acceptors (Lipinski definition) is 1. The van der Waals surface area contributed by atoms with Crippen molar-refractivity contribution in [1.82, 2.24) is 0 Å². The third kappa shape index (κ3) is 2.56. The first-order valence-electron chi connectivity index (χ1n) is 6.28. The van der Waals surface area contributed by atoms with Crippen molar-refractivity contribution in [2.75, 3.05) is 0 Å². The third-order valence-electron chi connectivity index (χ3n) is 3.91. The van der Waals surface area contributed by atoms with Gasteiger partial charge in [-0.1, -0.05) is 25.3 Å². The molecule has 0 aliphatic heterocycles. The molecule has 5 heteroatoms. The lowest BCUT2D eigenvalue weighted by Crippen LogP contribution is -2.61. The molecule has 1 N–H and O–H groups in total. The maximum Gasteiger partial charge on any atom is 0.420 e. The SMILES string of the molecule is C/C=C/C(F)(C1CCCCC1)C(C)(O)C(F)(F)F. The Bertz CT molecular complexity index is 303. The molecule has 1 saturated carbocycles. The van der Waals surface area contributed by atoms with Crippen LogP contribution in [0.1, 0.15) is 46.0 Å². The summed E-state index contributed by atoms with van der Waals surface area (Å²) in [4.78, 5) is 0. The zero-order chi connectivity index (χ0) is 14.0. The molecule has 0 aromatic rings. The lowest BCUT2D eigenvalue weighted by Gasteiger charge is -2.44. The van der Waals surface area contributed by atoms with Gasteiger partial charge >= 0.3 is 6.18 Å². The second kappa shape index (κ2) is 5.19. The van der Waals surface area contributed by atoms with Gasteiger partial charge in [-0.25, -0.2) is 4.39 Å². The van der Waals surface area contributed by atoms with Crippen LogP contribution in [0.25, 0.3) is 0 Å².